The molecule has 0 spiro atoms. The Morgan fingerprint density at radius 3 is 1.14 bits per heavy atom. The number of thiazole rings is 2. The zero-order valence-electron chi connectivity index (χ0n) is 40.2. The molecular weight excluding hydrogens is 1110 g/mol. The number of nitrogen functional groups attached to an aromatic ring is 2. The molecule has 4 heterocycles. The van der Waals surface area contributed by atoms with Crippen molar-refractivity contribution in [3.63, 3.8) is 0 Å². The number of anilines is 4. The molecule has 0 saturated heterocycles. The number of aliphatic carboxylic acids is 2. The summed E-state index contributed by atoms with van der Waals surface area (Å²) in [4.78, 5) is 45.8. The number of halogens is 6. The molecule has 8 aromatic rings. The second-order valence-corrected chi connectivity index (χ2v) is 21.7. The molecule has 6 N–H and O–H groups in total. The topological polar surface area (TPSA) is 302 Å². The maximum Gasteiger partial charge on any atom is 1.00 e. The van der Waals surface area contributed by atoms with E-state index in [4.69, 9.17) is 11.5 Å². The van der Waals surface area contributed by atoms with E-state index in [1.807, 2.05) is 9.44 Å². The molecule has 18 nitrogen and oxygen atoms in total. The summed E-state index contributed by atoms with van der Waals surface area (Å²) in [7, 11) is -9.75. The average Bonchev–Trinajstić information content (AvgIpc) is 3.98. The van der Waals surface area contributed by atoms with Crippen LogP contribution in [0.1, 0.15) is 37.7 Å². The van der Waals surface area contributed by atoms with Crippen LogP contribution in [0.3, 0.4) is 0 Å². The number of hydrogen-bond acceptors (Lipinski definition) is 18. The van der Waals surface area contributed by atoms with E-state index in [1.165, 1.54) is 76.5 Å². The van der Waals surface area contributed by atoms with Gasteiger partial charge in [-0.2, -0.15) is 0 Å². The molecule has 0 amide bonds. The van der Waals surface area contributed by atoms with E-state index in [0.29, 0.717) is 0 Å². The molecule has 4 aromatic heterocycles. The standard InChI is InChI=1S/2C23H18F3N5O4S2.2Na/c2*1-23(2,21(32)33)20-30-17(18(36-20)15-9-10-28-22(27)29-15)11-5-3-8-14(16(11)26)31-37(34,35)19-12(24)6-4-7-13(19)25;;/h2*3-10,31H,1-2H3,(H,32,33)(H2,27,28,29);;/q;;2*+1/p-2. The van der Waals surface area contributed by atoms with Crippen LogP contribution in [-0.2, 0) is 40.5 Å². The van der Waals surface area contributed by atoms with E-state index in [2.05, 4.69) is 29.9 Å². The van der Waals surface area contributed by atoms with E-state index in [0.717, 1.165) is 71.2 Å². The summed E-state index contributed by atoms with van der Waals surface area (Å²) >= 11 is 1.80. The fraction of sp³-hybridized carbons (Fsp3) is 0.130. The SMILES string of the molecule is CC(C)(C(=O)[O-])c1nc(-c2cccc(NS(=O)(=O)c3c(F)cccc3F)c2F)c(-c2ccnc(N)n2)s1.CC(C)(C(=O)[O-])c1nc(-c2cccc(NS(=O)(=O)c3c(F)cccc3F)c2F)c(-c2ccnc(N)n2)s1.[Na+].[Na+]. The van der Waals surface area contributed by atoms with Crippen molar-refractivity contribution in [1.29, 1.82) is 0 Å². The van der Waals surface area contributed by atoms with Crippen LogP contribution >= 0.6 is 22.7 Å². The van der Waals surface area contributed by atoms with Gasteiger partial charge in [-0.3, -0.25) is 9.44 Å². The predicted molar refractivity (Wildman–Crippen MR) is 256 cm³/mol. The average molecular weight is 1140 g/mol. The summed E-state index contributed by atoms with van der Waals surface area (Å²) < 4.78 is 142. The van der Waals surface area contributed by atoms with Crippen molar-refractivity contribution in [3.05, 3.63) is 142 Å². The number of nitrogens with zero attached hydrogens (tertiary/aromatic N) is 6. The Labute approximate surface area is 480 Å². The van der Waals surface area contributed by atoms with Crippen molar-refractivity contribution < 1.29 is 122 Å². The molecule has 0 unspecified atom stereocenters. The largest absolute Gasteiger partial charge is 1.00 e. The molecule has 0 radical (unpaired) electrons. The molecule has 0 aliphatic carbocycles. The Bertz CT molecular complexity index is 3500. The van der Waals surface area contributed by atoms with Crippen LogP contribution in [0.5, 0.6) is 0 Å². The van der Waals surface area contributed by atoms with Gasteiger partial charge in [-0.1, -0.05) is 24.3 Å². The summed E-state index contributed by atoms with van der Waals surface area (Å²) in [6, 6.07) is 15.1. The molecule has 76 heavy (non-hydrogen) atoms. The van der Waals surface area contributed by atoms with Crippen molar-refractivity contribution in [2.24, 2.45) is 0 Å². The molecule has 0 bridgehead atoms. The number of carboxylic acids is 2. The second-order valence-electron chi connectivity index (χ2n) is 16.5. The van der Waals surface area contributed by atoms with Crippen molar-refractivity contribution in [3.8, 4) is 43.7 Å². The van der Waals surface area contributed by atoms with Gasteiger partial charge in [0.2, 0.25) is 11.9 Å². The number of sulfonamides is 2. The summed E-state index contributed by atoms with van der Waals surface area (Å²) in [6.45, 7) is 5.42. The first-order valence-electron chi connectivity index (χ1n) is 20.8. The van der Waals surface area contributed by atoms with E-state index in [-0.39, 0.29) is 125 Å². The first-order chi connectivity index (χ1) is 34.6. The van der Waals surface area contributed by atoms with E-state index in [1.54, 1.807) is 0 Å². The Morgan fingerprint density at radius 1 is 0.526 bits per heavy atom. The zero-order chi connectivity index (χ0) is 54.2. The normalized spacial score (nSPS) is 11.6. The predicted octanol–water partition coefficient (Wildman–Crippen LogP) is 0.198. The van der Waals surface area contributed by atoms with Crippen molar-refractivity contribution in [2.75, 3.05) is 20.9 Å². The van der Waals surface area contributed by atoms with Gasteiger partial charge in [-0.05, 0) is 88.4 Å². The zero-order valence-corrected chi connectivity index (χ0v) is 47.5. The minimum absolute atomic E-state index is 0. The van der Waals surface area contributed by atoms with E-state index in [9.17, 15) is 54.2 Å². The molecular formula is C46H34F6N10Na2O8S4. The monoisotopic (exact) mass is 1140 g/mol. The number of carbonyl (C=O) groups excluding carboxylic acids is 2. The number of nitrogens with two attached hydrogens (primary N) is 2. The van der Waals surface area contributed by atoms with Gasteiger partial charge in [0.25, 0.3) is 20.0 Å². The molecule has 384 valence electrons. The molecule has 0 aliphatic rings. The quantitative estimate of drug-likeness (QED) is 0.0835. The second kappa shape index (κ2) is 23.7. The first-order valence-corrected chi connectivity index (χ1v) is 25.4. The molecule has 30 heteroatoms. The maximum atomic E-state index is 15.7. The minimum atomic E-state index is -4.87. The minimum Gasteiger partial charge on any atom is -0.549 e. The fourth-order valence-corrected chi connectivity index (χ4v) is 11.2. The van der Waals surface area contributed by atoms with Crippen LogP contribution in [0.25, 0.3) is 43.7 Å². The van der Waals surface area contributed by atoms with Crippen molar-refractivity contribution in [1.82, 2.24) is 29.9 Å². The molecule has 0 atom stereocenters. The van der Waals surface area contributed by atoms with Crippen molar-refractivity contribution in [2.45, 2.75) is 48.3 Å². The number of rotatable bonds is 14. The molecule has 0 aliphatic heterocycles. The van der Waals surface area contributed by atoms with E-state index < -0.39 is 98.9 Å². The van der Waals surface area contributed by atoms with Crippen LogP contribution < -0.4 is 90.2 Å². The number of aromatic nitrogens is 6. The van der Waals surface area contributed by atoms with E-state index >= 15 is 8.78 Å². The summed E-state index contributed by atoms with van der Waals surface area (Å²) in [5.41, 5.74) is 6.76. The molecule has 0 fully saturated rings. The Hall–Kier alpha value is -6.08. The Balaban J connectivity index is 0.000000274. The van der Waals surface area contributed by atoms with Gasteiger partial charge in [-0.25, -0.2) is 73.1 Å². The first kappa shape index (κ1) is 60.8. The number of benzene rings is 4. The van der Waals surface area contributed by atoms with Gasteiger partial charge in [0.05, 0.1) is 66.7 Å². The summed E-state index contributed by atoms with van der Waals surface area (Å²) in [5.74, 6) is -10.8. The number of nitrogens with one attached hydrogen (secondary N) is 2. The Morgan fingerprint density at radius 2 is 0.842 bits per heavy atom. The van der Waals surface area contributed by atoms with Gasteiger partial charge >= 0.3 is 59.1 Å². The maximum absolute atomic E-state index is 15.7. The van der Waals surface area contributed by atoms with Crippen LogP contribution in [0.15, 0.2) is 107 Å². The van der Waals surface area contributed by atoms with Gasteiger partial charge in [0, 0.05) is 23.5 Å². The number of carbonyl (C=O) groups is 2. The Kier molecular flexibility index (Phi) is 18.9. The summed E-state index contributed by atoms with van der Waals surface area (Å²) in [6.07, 6.45) is 2.68. The van der Waals surface area contributed by atoms with Gasteiger partial charge in [0.15, 0.2) is 21.4 Å². The molecule has 0 saturated carbocycles. The number of hydrogen-bond donors (Lipinski definition) is 4. The van der Waals surface area contributed by atoms with Crippen LogP contribution in [0, 0.1) is 34.9 Å². The van der Waals surface area contributed by atoms with Gasteiger partial charge in [-0.15, -0.1) is 22.7 Å². The van der Waals surface area contributed by atoms with Crippen molar-refractivity contribution >= 4 is 77.9 Å². The molecule has 8 rings (SSSR count). The van der Waals surface area contributed by atoms with Gasteiger partial charge in [0.1, 0.15) is 33.3 Å². The van der Waals surface area contributed by atoms with Crippen LogP contribution in [0.2, 0.25) is 0 Å². The smallest absolute Gasteiger partial charge is 0.549 e. The van der Waals surface area contributed by atoms with Crippen LogP contribution in [-0.4, -0.2) is 58.7 Å². The third-order valence-corrected chi connectivity index (χ3v) is 16.2. The number of carboxylic acid groups (broad SMARTS) is 2. The van der Waals surface area contributed by atoms with Crippen LogP contribution in [0.4, 0.5) is 49.6 Å². The third-order valence-electron chi connectivity index (χ3n) is 10.5. The van der Waals surface area contributed by atoms with Gasteiger partial charge < -0.3 is 31.3 Å². The fourth-order valence-electron chi connectivity index (χ4n) is 6.52. The third kappa shape index (κ3) is 12.5. The summed E-state index contributed by atoms with van der Waals surface area (Å²) in [5, 5.41) is 23.6. The molecule has 4 aromatic carbocycles.